The summed E-state index contributed by atoms with van der Waals surface area (Å²) < 4.78 is 0. The van der Waals surface area contributed by atoms with Crippen molar-refractivity contribution in [1.82, 2.24) is 31.1 Å². The van der Waals surface area contributed by atoms with Gasteiger partial charge in [0.05, 0.1) is 29.3 Å². The SMILES string of the molecule is C=CCNC(=O)C(=O)C(CCC)NC(=O)C1[C@@H](C(C)C)CCN1C(=O)[C@@H](NC(=O)NC1(CN2C(=O)c3ccccc3C2=O)CCCCC1)C(C)(C)C. The lowest BCUT2D eigenvalue weighted by atomic mass is 9.81. The molecule has 2 unspecified atom stereocenters. The van der Waals surface area contributed by atoms with Crippen LogP contribution in [0.4, 0.5) is 4.79 Å². The van der Waals surface area contributed by atoms with Crippen LogP contribution < -0.4 is 21.3 Å². The van der Waals surface area contributed by atoms with Crippen molar-refractivity contribution in [2.45, 2.75) is 117 Å². The fourth-order valence-corrected chi connectivity index (χ4v) is 7.78. The van der Waals surface area contributed by atoms with E-state index in [1.54, 1.807) is 24.3 Å². The largest absolute Gasteiger partial charge is 0.346 e. The summed E-state index contributed by atoms with van der Waals surface area (Å²) in [6.45, 7) is 15.2. The monoisotopic (exact) mass is 720 g/mol. The molecule has 1 saturated heterocycles. The van der Waals surface area contributed by atoms with Gasteiger partial charge >= 0.3 is 6.03 Å². The zero-order valence-electron chi connectivity index (χ0n) is 31.5. The molecule has 1 aromatic rings. The van der Waals surface area contributed by atoms with Crippen LogP contribution in [0.3, 0.4) is 0 Å². The number of benzene rings is 1. The van der Waals surface area contributed by atoms with Crippen LogP contribution in [-0.2, 0) is 19.2 Å². The lowest BCUT2D eigenvalue weighted by Crippen LogP contribution is -2.64. The number of Topliss-reactive ketones (excluding diaryl/α,β-unsaturated/α-hetero) is 1. The van der Waals surface area contributed by atoms with Gasteiger partial charge in [-0.15, -0.1) is 6.58 Å². The maximum Gasteiger partial charge on any atom is 0.315 e. The number of nitrogens with zero attached hydrogens (tertiary/aromatic N) is 2. The highest BCUT2D eigenvalue weighted by molar-refractivity contribution is 6.38. The van der Waals surface area contributed by atoms with Gasteiger partial charge in [0.2, 0.25) is 17.6 Å². The molecule has 2 aliphatic heterocycles. The molecule has 0 spiro atoms. The van der Waals surface area contributed by atoms with E-state index in [-0.39, 0.29) is 37.9 Å². The third-order valence-electron chi connectivity index (χ3n) is 10.6. The molecule has 4 rings (SSSR count). The summed E-state index contributed by atoms with van der Waals surface area (Å²) in [7, 11) is 0. The molecule has 1 saturated carbocycles. The van der Waals surface area contributed by atoms with Crippen molar-refractivity contribution >= 4 is 41.4 Å². The predicted octanol–water partition coefficient (Wildman–Crippen LogP) is 3.73. The molecule has 7 amide bonds. The van der Waals surface area contributed by atoms with Crippen LogP contribution in [-0.4, -0.2) is 94.4 Å². The first-order chi connectivity index (χ1) is 24.5. The molecule has 4 atom stereocenters. The molecule has 3 aliphatic rings. The number of carbonyl (C=O) groups excluding carboxylic acids is 7. The lowest BCUT2D eigenvalue weighted by molar-refractivity contribution is -0.144. The molecule has 1 aromatic carbocycles. The third kappa shape index (κ3) is 8.90. The number of fused-ring (bicyclic) bond motifs is 1. The van der Waals surface area contributed by atoms with Crippen LogP contribution in [0.5, 0.6) is 0 Å². The van der Waals surface area contributed by atoms with Crippen LogP contribution in [0.15, 0.2) is 36.9 Å². The molecule has 0 aromatic heterocycles. The van der Waals surface area contributed by atoms with E-state index in [2.05, 4.69) is 27.8 Å². The predicted molar refractivity (Wildman–Crippen MR) is 196 cm³/mol. The van der Waals surface area contributed by atoms with Gasteiger partial charge in [0.15, 0.2) is 0 Å². The second-order valence-corrected chi connectivity index (χ2v) is 15.9. The quantitative estimate of drug-likeness (QED) is 0.129. The Morgan fingerprint density at radius 3 is 2.13 bits per heavy atom. The Morgan fingerprint density at radius 2 is 1.60 bits per heavy atom. The Hall–Kier alpha value is -4.55. The van der Waals surface area contributed by atoms with Gasteiger partial charge in [-0.2, -0.15) is 0 Å². The molecule has 2 fully saturated rings. The number of hydrogen-bond donors (Lipinski definition) is 4. The van der Waals surface area contributed by atoms with Crippen LogP contribution in [0, 0.1) is 17.3 Å². The van der Waals surface area contributed by atoms with Crippen LogP contribution in [0.1, 0.15) is 114 Å². The van der Waals surface area contributed by atoms with Crippen LogP contribution in [0.25, 0.3) is 0 Å². The van der Waals surface area contributed by atoms with E-state index < -0.39 is 70.4 Å². The maximum absolute atomic E-state index is 14.5. The molecule has 284 valence electrons. The van der Waals surface area contributed by atoms with E-state index in [1.807, 2.05) is 41.5 Å². The molecule has 0 radical (unpaired) electrons. The summed E-state index contributed by atoms with van der Waals surface area (Å²) in [6, 6.07) is 3.03. The second-order valence-electron chi connectivity index (χ2n) is 15.9. The van der Waals surface area contributed by atoms with E-state index in [0.29, 0.717) is 36.8 Å². The molecule has 52 heavy (non-hydrogen) atoms. The van der Waals surface area contributed by atoms with E-state index >= 15 is 0 Å². The first kappa shape index (κ1) is 40.2. The summed E-state index contributed by atoms with van der Waals surface area (Å²) >= 11 is 0. The van der Waals surface area contributed by atoms with Gasteiger partial charge in [0.1, 0.15) is 12.1 Å². The average molecular weight is 721 g/mol. The van der Waals surface area contributed by atoms with Gasteiger partial charge in [0, 0.05) is 13.1 Å². The Balaban J connectivity index is 1.54. The van der Waals surface area contributed by atoms with E-state index in [9.17, 15) is 33.6 Å². The number of nitrogens with one attached hydrogen (secondary N) is 4. The Bertz CT molecular complexity index is 1520. The summed E-state index contributed by atoms with van der Waals surface area (Å²) in [5.41, 5.74) is -0.991. The van der Waals surface area contributed by atoms with Gasteiger partial charge in [-0.1, -0.05) is 85.4 Å². The average Bonchev–Trinajstić information content (AvgIpc) is 3.65. The molecule has 13 heteroatoms. The smallest absolute Gasteiger partial charge is 0.315 e. The second kappa shape index (κ2) is 16.9. The minimum atomic E-state index is -1.07. The zero-order valence-corrected chi connectivity index (χ0v) is 31.5. The third-order valence-corrected chi connectivity index (χ3v) is 10.6. The molecule has 0 bridgehead atoms. The first-order valence-corrected chi connectivity index (χ1v) is 18.6. The van der Waals surface area contributed by atoms with Crippen molar-refractivity contribution < 1.29 is 33.6 Å². The summed E-state index contributed by atoms with van der Waals surface area (Å²) in [6.07, 6.45) is 6.42. The number of hydrogen-bond acceptors (Lipinski definition) is 7. The van der Waals surface area contributed by atoms with Crippen molar-refractivity contribution in [3.05, 3.63) is 48.0 Å². The van der Waals surface area contributed by atoms with E-state index in [1.165, 1.54) is 15.9 Å². The van der Waals surface area contributed by atoms with Crippen molar-refractivity contribution in [2.24, 2.45) is 17.3 Å². The fraction of sp³-hybridized carbons (Fsp3) is 0.615. The molecule has 13 nitrogen and oxygen atoms in total. The maximum atomic E-state index is 14.5. The molecule has 2 heterocycles. The topological polar surface area (TPSA) is 174 Å². The molecular formula is C39H56N6O7. The van der Waals surface area contributed by atoms with E-state index in [4.69, 9.17) is 0 Å². The Morgan fingerprint density at radius 1 is 0.981 bits per heavy atom. The fourth-order valence-electron chi connectivity index (χ4n) is 7.78. The first-order valence-electron chi connectivity index (χ1n) is 18.6. The number of urea groups is 1. The number of ketones is 1. The van der Waals surface area contributed by atoms with Crippen molar-refractivity contribution in [2.75, 3.05) is 19.6 Å². The van der Waals surface area contributed by atoms with Crippen LogP contribution >= 0.6 is 0 Å². The molecule has 1 aliphatic carbocycles. The van der Waals surface area contributed by atoms with Crippen LogP contribution in [0.2, 0.25) is 0 Å². The highest BCUT2D eigenvalue weighted by Crippen LogP contribution is 2.35. The molecular weight excluding hydrogens is 664 g/mol. The van der Waals surface area contributed by atoms with Crippen molar-refractivity contribution in [3.8, 4) is 0 Å². The van der Waals surface area contributed by atoms with Gasteiger partial charge in [0.25, 0.3) is 17.7 Å². The molecule has 4 N–H and O–H groups in total. The number of likely N-dealkylation sites (tertiary alicyclic amines) is 1. The lowest BCUT2D eigenvalue weighted by Gasteiger charge is -2.41. The number of rotatable bonds is 14. The highest BCUT2D eigenvalue weighted by Gasteiger charge is 2.49. The van der Waals surface area contributed by atoms with Gasteiger partial charge in [-0.05, 0) is 55.1 Å². The summed E-state index contributed by atoms with van der Waals surface area (Å²) in [5, 5.41) is 11.3. The zero-order chi connectivity index (χ0) is 38.4. The van der Waals surface area contributed by atoms with Gasteiger partial charge in [-0.3, -0.25) is 33.7 Å². The van der Waals surface area contributed by atoms with Gasteiger partial charge < -0.3 is 26.2 Å². The number of imide groups is 1. The van der Waals surface area contributed by atoms with Crippen molar-refractivity contribution in [1.29, 1.82) is 0 Å². The minimum Gasteiger partial charge on any atom is -0.346 e. The summed E-state index contributed by atoms with van der Waals surface area (Å²) in [5.74, 6) is -3.54. The highest BCUT2D eigenvalue weighted by atomic mass is 16.2. The standard InChI is InChI=1S/C39H56N6O7/c1-8-15-28(30(46)33(48)40-21-9-2)41-32(47)29-25(24(3)4)18-22-44(29)36(51)31(38(5,6)7)42-37(52)43-39(19-13-10-14-20-39)23-45-34(49)26-16-11-12-17-27(26)35(45)50/h9,11-12,16-17,24-25,28-29,31H,2,8,10,13-15,18-23H2,1,3-7H3,(H,40,48)(H,41,47)(H2,42,43,52)/t25-,28?,29?,31-/m1/s1. The normalized spacial score (nSPS) is 20.9. The van der Waals surface area contributed by atoms with E-state index in [0.717, 1.165) is 19.3 Å². The number of amides is 7. The van der Waals surface area contributed by atoms with Gasteiger partial charge in [-0.25, -0.2) is 4.79 Å². The summed E-state index contributed by atoms with van der Waals surface area (Å²) in [4.78, 5) is 97.3. The minimum absolute atomic E-state index is 0.00853. The Labute approximate surface area is 307 Å². The number of carbonyl (C=O) groups is 7. The Kier molecular flexibility index (Phi) is 13.0. The van der Waals surface area contributed by atoms with Crippen molar-refractivity contribution in [3.63, 3.8) is 0 Å².